The molecule has 3 aromatic carbocycles. The van der Waals surface area contributed by atoms with Gasteiger partial charge in [-0.15, -0.1) is 0 Å². The molecule has 1 aromatic heterocycles. The van der Waals surface area contributed by atoms with E-state index in [2.05, 4.69) is 8.75 Å². The van der Waals surface area contributed by atoms with E-state index in [1.165, 1.54) is 20.3 Å². The molecule has 0 N–H and O–H groups in total. The summed E-state index contributed by atoms with van der Waals surface area (Å²) in [6.45, 7) is 0. The molecule has 0 radical (unpaired) electrons. The second-order valence-corrected chi connectivity index (χ2v) is 8.78. The summed E-state index contributed by atoms with van der Waals surface area (Å²) in [4.78, 5) is 28.4. The minimum Gasteiger partial charge on any atom is -0.545 e. The van der Waals surface area contributed by atoms with Crippen molar-refractivity contribution in [2.75, 3.05) is 33.2 Å². The van der Waals surface area contributed by atoms with Crippen LogP contribution in [0.4, 0.5) is 5.69 Å². The minimum absolute atomic E-state index is 0. The monoisotopic (exact) mass is 525 g/mol. The molecular formula is C27H24N3NaO5S. The molecule has 0 aliphatic heterocycles. The zero-order chi connectivity index (χ0) is 25.8. The number of carboxylic acids is 1. The van der Waals surface area contributed by atoms with Gasteiger partial charge in [0.2, 0.25) is 0 Å². The summed E-state index contributed by atoms with van der Waals surface area (Å²) in [5, 5.41) is 12.5. The van der Waals surface area contributed by atoms with Crippen LogP contribution in [0, 0.1) is 0 Å². The van der Waals surface area contributed by atoms with Crippen LogP contribution in [-0.4, -0.2) is 48.8 Å². The molecular weight excluding hydrogens is 501 g/mol. The van der Waals surface area contributed by atoms with Gasteiger partial charge >= 0.3 is 29.6 Å². The zero-order valence-corrected chi connectivity index (χ0v) is 24.1. The van der Waals surface area contributed by atoms with Crippen molar-refractivity contribution >= 4 is 45.8 Å². The van der Waals surface area contributed by atoms with Crippen molar-refractivity contribution in [1.82, 2.24) is 8.75 Å². The number of ketones is 1. The van der Waals surface area contributed by atoms with Gasteiger partial charge in [-0.3, -0.25) is 4.79 Å². The number of rotatable bonds is 9. The smallest absolute Gasteiger partial charge is 0.545 e. The maximum Gasteiger partial charge on any atom is 1.00 e. The third-order valence-electron chi connectivity index (χ3n) is 5.78. The Hall–Kier alpha value is -3.24. The average molecular weight is 526 g/mol. The molecule has 4 aromatic rings. The molecule has 0 aliphatic rings. The van der Waals surface area contributed by atoms with Crippen LogP contribution < -0.4 is 49.0 Å². The number of ether oxygens (including phenoxy) is 2. The number of carboxylic acid groups (broad SMARTS) is 1. The van der Waals surface area contributed by atoms with Gasteiger partial charge in [0, 0.05) is 42.9 Å². The number of aliphatic carboxylic acids is 1. The molecule has 0 fully saturated rings. The number of nitrogens with zero attached hydrogens (tertiary/aromatic N) is 3. The van der Waals surface area contributed by atoms with E-state index in [-0.39, 0.29) is 52.7 Å². The average Bonchev–Trinajstić information content (AvgIpc) is 3.35. The first-order valence-corrected chi connectivity index (χ1v) is 11.8. The van der Waals surface area contributed by atoms with Crippen molar-refractivity contribution in [3.8, 4) is 11.5 Å². The van der Waals surface area contributed by atoms with Crippen molar-refractivity contribution in [3.05, 3.63) is 82.9 Å². The predicted molar refractivity (Wildman–Crippen MR) is 138 cm³/mol. The second-order valence-electron chi connectivity index (χ2n) is 8.25. The first-order chi connectivity index (χ1) is 17.3. The number of anilines is 1. The van der Waals surface area contributed by atoms with Crippen molar-refractivity contribution in [1.29, 1.82) is 0 Å². The van der Waals surface area contributed by atoms with Crippen LogP contribution in [0.2, 0.25) is 0 Å². The topological polar surface area (TPSA) is 105 Å². The van der Waals surface area contributed by atoms with E-state index in [0.717, 1.165) is 23.0 Å². The number of methoxy groups -OCH3 is 2. The molecule has 0 amide bonds. The third-order valence-corrected chi connectivity index (χ3v) is 6.33. The van der Waals surface area contributed by atoms with Crippen LogP contribution in [-0.2, 0) is 11.2 Å². The molecule has 37 heavy (non-hydrogen) atoms. The normalized spacial score (nSPS) is 11.4. The van der Waals surface area contributed by atoms with E-state index in [1.54, 1.807) is 30.3 Å². The molecule has 1 heterocycles. The number of benzene rings is 3. The molecule has 0 spiro atoms. The Balaban J connectivity index is 0.00000380. The number of aromatic nitrogens is 2. The maximum absolute atomic E-state index is 13.9. The molecule has 0 unspecified atom stereocenters. The number of Topliss-reactive ketones (excluding diaryl/α,β-unsaturated/α-hetero) is 1. The molecule has 0 saturated heterocycles. The van der Waals surface area contributed by atoms with Gasteiger partial charge in [-0.05, 0) is 53.6 Å². The third kappa shape index (κ3) is 6.19. The molecule has 4 rings (SSSR count). The quantitative estimate of drug-likeness (QED) is 0.176. The van der Waals surface area contributed by atoms with Gasteiger partial charge in [0.15, 0.2) is 17.3 Å². The van der Waals surface area contributed by atoms with E-state index in [4.69, 9.17) is 9.47 Å². The number of hydrogen-bond acceptors (Lipinski definition) is 9. The summed E-state index contributed by atoms with van der Waals surface area (Å²) in [6.07, 6.45) is 0.0749. The Morgan fingerprint density at radius 1 is 0.892 bits per heavy atom. The molecule has 0 bridgehead atoms. The van der Waals surface area contributed by atoms with Gasteiger partial charge in [0.25, 0.3) is 0 Å². The Bertz CT molecular complexity index is 1480. The molecule has 184 valence electrons. The van der Waals surface area contributed by atoms with E-state index >= 15 is 0 Å². The Morgan fingerprint density at radius 3 is 2.27 bits per heavy atom. The largest absolute Gasteiger partial charge is 1.00 e. The molecule has 0 saturated carbocycles. The minimum atomic E-state index is -1.45. The summed E-state index contributed by atoms with van der Waals surface area (Å²) in [7, 11) is 6.79. The summed E-state index contributed by atoms with van der Waals surface area (Å²) < 4.78 is 19.0. The fourth-order valence-corrected chi connectivity index (χ4v) is 4.45. The van der Waals surface area contributed by atoms with Crippen molar-refractivity contribution in [2.45, 2.75) is 6.42 Å². The number of carbonyl (C=O) groups excluding carboxylic acids is 2. The van der Waals surface area contributed by atoms with Crippen molar-refractivity contribution in [2.24, 2.45) is 0 Å². The molecule has 10 heteroatoms. The molecule has 8 nitrogen and oxygen atoms in total. The van der Waals surface area contributed by atoms with E-state index in [1.807, 2.05) is 43.3 Å². The van der Waals surface area contributed by atoms with Crippen LogP contribution in [0.3, 0.4) is 0 Å². The van der Waals surface area contributed by atoms with Gasteiger partial charge in [0.1, 0.15) is 11.0 Å². The summed E-state index contributed by atoms with van der Waals surface area (Å²) in [5.74, 6) is -1.09. The van der Waals surface area contributed by atoms with Crippen LogP contribution in [0.5, 0.6) is 11.5 Å². The van der Waals surface area contributed by atoms with Crippen LogP contribution in [0.15, 0.2) is 66.2 Å². The SMILES string of the molecule is COc1ccc(C(=O)C(Cc2cccc(N(C)C)c2)=C(C(=O)[O-])c2ccc3nsnc3c2)cc1OC.[Na+]. The predicted octanol–water partition coefficient (Wildman–Crippen LogP) is 0.408. The second kappa shape index (κ2) is 12.3. The maximum atomic E-state index is 13.9. The van der Waals surface area contributed by atoms with Gasteiger partial charge < -0.3 is 24.3 Å². The van der Waals surface area contributed by atoms with Crippen molar-refractivity contribution < 1.29 is 53.7 Å². The van der Waals surface area contributed by atoms with Crippen molar-refractivity contribution in [3.63, 3.8) is 0 Å². The first-order valence-electron chi connectivity index (χ1n) is 11.0. The van der Waals surface area contributed by atoms with E-state index in [0.29, 0.717) is 28.1 Å². The standard InChI is InChI=1S/C27H25N3O5S.Na/c1-30(2)19-7-5-6-16(12-19)13-20(26(31)18-9-11-23(34-3)24(15-18)35-4)25(27(32)33)17-8-10-21-22(14-17)29-36-28-21;/h5-12,14-15H,13H2,1-4H3,(H,32,33);/q;+1/p-1. The number of allylic oxidation sites excluding steroid dienone is 1. The fourth-order valence-electron chi connectivity index (χ4n) is 3.94. The number of carbonyl (C=O) groups is 2. The van der Waals surface area contributed by atoms with Crippen LogP contribution >= 0.6 is 11.7 Å². The van der Waals surface area contributed by atoms with Gasteiger partial charge in [-0.1, -0.05) is 18.2 Å². The molecule has 0 aliphatic carbocycles. The Morgan fingerprint density at radius 2 is 1.59 bits per heavy atom. The summed E-state index contributed by atoms with van der Waals surface area (Å²) in [6, 6.07) is 17.2. The Kier molecular flexibility index (Phi) is 9.45. The summed E-state index contributed by atoms with van der Waals surface area (Å²) in [5.41, 5.74) is 3.37. The fraction of sp³-hybridized carbons (Fsp3) is 0.185. The van der Waals surface area contributed by atoms with Gasteiger partial charge in [-0.25, -0.2) is 0 Å². The van der Waals surface area contributed by atoms with Gasteiger partial charge in [-0.2, -0.15) is 8.75 Å². The van der Waals surface area contributed by atoms with E-state index in [9.17, 15) is 14.7 Å². The number of hydrogen-bond donors (Lipinski definition) is 0. The zero-order valence-electron chi connectivity index (χ0n) is 21.3. The molecule has 0 atom stereocenters. The van der Waals surface area contributed by atoms with E-state index < -0.39 is 11.8 Å². The van der Waals surface area contributed by atoms with Gasteiger partial charge in [0.05, 0.1) is 31.9 Å². The van der Waals surface area contributed by atoms with Crippen LogP contribution in [0.25, 0.3) is 16.6 Å². The van der Waals surface area contributed by atoms with Crippen LogP contribution in [0.1, 0.15) is 21.5 Å². The number of fused-ring (bicyclic) bond motifs is 1. The Labute approximate surface area is 241 Å². The summed E-state index contributed by atoms with van der Waals surface area (Å²) >= 11 is 1.03. The first kappa shape index (κ1) is 28.3.